The molecule has 0 aliphatic carbocycles. The standard InChI is InChI=1S/C27H24BrN3O6/c1-14-8-23-25(27(32)31(14)7-6-15-4-5-19(33-2)20(9-15)34-3)24(17(12-29)26(30)37-23)16-10-21-22(11-18(16)28)36-13-35-21/h4-5,8-11,24H,6-7,13,30H2,1-3H3/t24-/m0/s1. The van der Waals surface area contributed by atoms with E-state index in [-0.39, 0.29) is 23.8 Å². The maximum atomic E-state index is 14.0. The molecule has 37 heavy (non-hydrogen) atoms. The first-order valence-electron chi connectivity index (χ1n) is 11.5. The second-order valence-electron chi connectivity index (χ2n) is 8.61. The number of nitriles is 1. The highest BCUT2D eigenvalue weighted by molar-refractivity contribution is 9.10. The van der Waals surface area contributed by atoms with E-state index in [0.29, 0.717) is 63.0 Å². The van der Waals surface area contributed by atoms with Gasteiger partial charge in [0.05, 0.1) is 25.7 Å². The SMILES string of the molecule is COc1ccc(CCn2c(C)cc3c(c2=O)[C@@H](c2cc4c(cc2Br)OCO4)C(C#N)=C(N)O3)cc1OC. The van der Waals surface area contributed by atoms with E-state index < -0.39 is 5.92 Å². The predicted molar refractivity (Wildman–Crippen MR) is 138 cm³/mol. The number of hydrogen-bond donors (Lipinski definition) is 1. The van der Waals surface area contributed by atoms with Gasteiger partial charge in [-0.15, -0.1) is 0 Å². The van der Waals surface area contributed by atoms with Gasteiger partial charge in [0.25, 0.3) is 5.56 Å². The van der Waals surface area contributed by atoms with Crippen molar-refractivity contribution in [3.8, 4) is 34.8 Å². The van der Waals surface area contributed by atoms with Gasteiger partial charge in [0, 0.05) is 22.8 Å². The summed E-state index contributed by atoms with van der Waals surface area (Å²) < 4.78 is 29.9. The molecule has 0 saturated heterocycles. The number of nitrogens with two attached hydrogens (primary N) is 1. The first kappa shape index (κ1) is 24.6. The number of aryl methyl sites for hydroxylation is 2. The average molecular weight is 566 g/mol. The van der Waals surface area contributed by atoms with Crippen LogP contribution in [0.5, 0.6) is 28.7 Å². The lowest BCUT2D eigenvalue weighted by Gasteiger charge is -2.28. The number of rotatable bonds is 6. The number of pyridine rings is 1. The summed E-state index contributed by atoms with van der Waals surface area (Å²) in [5, 5.41) is 9.99. The summed E-state index contributed by atoms with van der Waals surface area (Å²) in [6, 6.07) is 13.1. The largest absolute Gasteiger partial charge is 0.493 e. The van der Waals surface area contributed by atoms with E-state index in [4.69, 9.17) is 29.4 Å². The van der Waals surface area contributed by atoms with Crippen LogP contribution in [0.3, 0.4) is 0 Å². The normalized spacial score (nSPS) is 15.6. The van der Waals surface area contributed by atoms with Crippen molar-refractivity contribution in [2.75, 3.05) is 21.0 Å². The highest BCUT2D eigenvalue weighted by Crippen LogP contribution is 2.46. The van der Waals surface area contributed by atoms with Gasteiger partial charge in [-0.3, -0.25) is 4.79 Å². The Labute approximate surface area is 221 Å². The van der Waals surface area contributed by atoms with Crippen molar-refractivity contribution in [1.29, 1.82) is 5.26 Å². The van der Waals surface area contributed by atoms with Crippen molar-refractivity contribution in [3.05, 3.63) is 85.1 Å². The fourth-order valence-corrected chi connectivity index (χ4v) is 5.26. The first-order chi connectivity index (χ1) is 17.9. The highest BCUT2D eigenvalue weighted by Gasteiger charge is 2.36. The van der Waals surface area contributed by atoms with Crippen LogP contribution in [0.15, 0.2) is 57.1 Å². The molecule has 10 heteroatoms. The van der Waals surface area contributed by atoms with Gasteiger partial charge in [0.15, 0.2) is 23.0 Å². The molecule has 0 amide bonds. The zero-order valence-corrected chi connectivity index (χ0v) is 22.0. The molecule has 0 spiro atoms. The molecule has 5 rings (SSSR count). The van der Waals surface area contributed by atoms with E-state index in [1.807, 2.05) is 25.1 Å². The van der Waals surface area contributed by atoms with E-state index in [2.05, 4.69) is 22.0 Å². The number of nitrogens with zero attached hydrogens (tertiary/aromatic N) is 2. The summed E-state index contributed by atoms with van der Waals surface area (Å²) in [4.78, 5) is 14.0. The van der Waals surface area contributed by atoms with E-state index in [1.54, 1.807) is 37.0 Å². The van der Waals surface area contributed by atoms with Crippen molar-refractivity contribution < 1.29 is 23.7 Å². The number of halogens is 1. The van der Waals surface area contributed by atoms with Gasteiger partial charge >= 0.3 is 0 Å². The molecule has 2 aliphatic rings. The Balaban J connectivity index is 1.59. The van der Waals surface area contributed by atoms with Crippen molar-refractivity contribution >= 4 is 15.9 Å². The number of ether oxygens (including phenoxy) is 5. The Morgan fingerprint density at radius 2 is 1.84 bits per heavy atom. The molecule has 0 fully saturated rings. The maximum Gasteiger partial charge on any atom is 0.258 e. The van der Waals surface area contributed by atoms with E-state index in [9.17, 15) is 10.1 Å². The van der Waals surface area contributed by atoms with Crippen LogP contribution in [0.1, 0.15) is 28.3 Å². The third-order valence-electron chi connectivity index (χ3n) is 6.56. The minimum Gasteiger partial charge on any atom is -0.493 e. The van der Waals surface area contributed by atoms with Gasteiger partial charge in [0.2, 0.25) is 12.7 Å². The minimum absolute atomic E-state index is 0.0357. The molecule has 9 nitrogen and oxygen atoms in total. The monoisotopic (exact) mass is 565 g/mol. The Kier molecular flexibility index (Phi) is 6.48. The van der Waals surface area contributed by atoms with Gasteiger partial charge in [-0.05, 0) is 48.7 Å². The van der Waals surface area contributed by atoms with Crippen molar-refractivity contribution in [3.63, 3.8) is 0 Å². The molecule has 2 aliphatic heterocycles. The molecule has 2 aromatic carbocycles. The van der Waals surface area contributed by atoms with Crippen LogP contribution in [0.25, 0.3) is 0 Å². The van der Waals surface area contributed by atoms with E-state index in [0.717, 1.165) is 5.56 Å². The lowest BCUT2D eigenvalue weighted by Crippen LogP contribution is -2.33. The first-order valence-corrected chi connectivity index (χ1v) is 12.3. The number of benzene rings is 2. The van der Waals surface area contributed by atoms with Gasteiger partial charge in [-0.1, -0.05) is 22.0 Å². The van der Waals surface area contributed by atoms with Crippen LogP contribution in [0.4, 0.5) is 0 Å². The minimum atomic E-state index is -0.752. The molecule has 0 bridgehead atoms. The van der Waals surface area contributed by atoms with Crippen molar-refractivity contribution in [1.82, 2.24) is 4.57 Å². The quantitative estimate of drug-likeness (QED) is 0.474. The molecule has 1 aromatic heterocycles. The zero-order chi connectivity index (χ0) is 26.3. The van der Waals surface area contributed by atoms with Crippen molar-refractivity contribution in [2.24, 2.45) is 5.73 Å². The molecule has 3 aromatic rings. The summed E-state index contributed by atoms with van der Waals surface area (Å²) in [6.07, 6.45) is 0.572. The Morgan fingerprint density at radius 1 is 1.11 bits per heavy atom. The molecular weight excluding hydrogens is 542 g/mol. The molecule has 0 radical (unpaired) electrons. The van der Waals surface area contributed by atoms with Crippen LogP contribution in [-0.4, -0.2) is 25.6 Å². The Bertz CT molecular complexity index is 1540. The third-order valence-corrected chi connectivity index (χ3v) is 7.25. The molecular formula is C27H24BrN3O6. The molecule has 1 atom stereocenters. The fraction of sp³-hybridized carbons (Fsp3) is 0.259. The number of aromatic nitrogens is 1. The summed E-state index contributed by atoms with van der Waals surface area (Å²) >= 11 is 3.58. The summed E-state index contributed by atoms with van der Waals surface area (Å²) in [5.41, 5.74) is 8.73. The summed E-state index contributed by atoms with van der Waals surface area (Å²) in [6.45, 7) is 2.34. The summed E-state index contributed by atoms with van der Waals surface area (Å²) in [7, 11) is 3.17. The van der Waals surface area contributed by atoms with E-state index >= 15 is 0 Å². The Hall–Kier alpha value is -4.10. The van der Waals surface area contributed by atoms with Gasteiger partial charge in [0.1, 0.15) is 17.4 Å². The number of fused-ring (bicyclic) bond motifs is 2. The molecule has 190 valence electrons. The lowest BCUT2D eigenvalue weighted by atomic mass is 9.83. The average Bonchev–Trinajstić information content (AvgIpc) is 3.34. The van der Waals surface area contributed by atoms with Gasteiger partial charge in [-0.25, -0.2) is 0 Å². The van der Waals surface area contributed by atoms with Crippen LogP contribution in [0.2, 0.25) is 0 Å². The summed E-state index contributed by atoms with van der Waals surface area (Å²) in [5.74, 6) is 1.91. The number of hydrogen-bond acceptors (Lipinski definition) is 8. The van der Waals surface area contributed by atoms with Crippen LogP contribution < -0.4 is 35.0 Å². The topological polar surface area (TPSA) is 118 Å². The maximum absolute atomic E-state index is 14.0. The van der Waals surface area contributed by atoms with Crippen LogP contribution in [-0.2, 0) is 13.0 Å². The van der Waals surface area contributed by atoms with Crippen LogP contribution in [0, 0.1) is 18.3 Å². The van der Waals surface area contributed by atoms with Gasteiger partial charge in [-0.2, -0.15) is 5.26 Å². The smallest absolute Gasteiger partial charge is 0.258 e. The molecule has 0 unspecified atom stereocenters. The highest BCUT2D eigenvalue weighted by atomic mass is 79.9. The zero-order valence-electron chi connectivity index (χ0n) is 20.5. The lowest BCUT2D eigenvalue weighted by molar-refractivity contribution is 0.174. The molecule has 2 N–H and O–H groups in total. The third kappa shape index (κ3) is 4.25. The second kappa shape index (κ2) is 9.75. The molecule has 0 saturated carbocycles. The number of allylic oxidation sites excluding steroid dienone is 1. The predicted octanol–water partition coefficient (Wildman–Crippen LogP) is 4.13. The fourth-order valence-electron chi connectivity index (χ4n) is 4.71. The molecule has 3 heterocycles. The Morgan fingerprint density at radius 3 is 2.54 bits per heavy atom. The van der Waals surface area contributed by atoms with Crippen molar-refractivity contribution in [2.45, 2.75) is 25.8 Å². The van der Waals surface area contributed by atoms with E-state index in [1.165, 1.54) is 0 Å². The second-order valence-corrected chi connectivity index (χ2v) is 9.47. The van der Waals surface area contributed by atoms with Gasteiger partial charge < -0.3 is 34.0 Å². The van der Waals surface area contributed by atoms with Crippen LogP contribution >= 0.6 is 15.9 Å². The number of methoxy groups -OCH3 is 2.